The van der Waals surface area contributed by atoms with E-state index in [1.54, 1.807) is 6.20 Å². The molecule has 5 heteroatoms. The lowest BCUT2D eigenvalue weighted by atomic mass is 9.93. The molecule has 0 aliphatic carbocycles. The lowest BCUT2D eigenvalue weighted by Crippen LogP contribution is -1.96. The SMILES string of the molecule is c1ccc(-c2nc(-c3ccc(-c4cccnc4)cc3)cc(-c3ccc(-c4ccc(-c5cccc6c5oc5ccccc56)c5c4oc4ccccc45)cc3)n2)cc1. The Bertz CT molecular complexity index is 3220. The van der Waals surface area contributed by atoms with Crippen LogP contribution in [0.5, 0.6) is 0 Å². The summed E-state index contributed by atoms with van der Waals surface area (Å²) in [5, 5.41) is 4.35. The molecule has 0 fully saturated rings. The van der Waals surface area contributed by atoms with Gasteiger partial charge in [-0.05, 0) is 52.6 Å². The highest BCUT2D eigenvalue weighted by Crippen LogP contribution is 2.45. The van der Waals surface area contributed by atoms with E-state index in [1.807, 2.05) is 54.7 Å². The Kier molecular flexibility index (Phi) is 7.42. The van der Waals surface area contributed by atoms with Gasteiger partial charge >= 0.3 is 0 Å². The first-order valence-corrected chi connectivity index (χ1v) is 18.7. The van der Waals surface area contributed by atoms with Gasteiger partial charge < -0.3 is 8.83 Å². The quantitative estimate of drug-likeness (QED) is 0.171. The van der Waals surface area contributed by atoms with Crippen LogP contribution < -0.4 is 0 Å². The molecule has 0 saturated carbocycles. The van der Waals surface area contributed by atoms with Crippen molar-refractivity contribution in [2.45, 2.75) is 0 Å². The number of benzene rings is 7. The zero-order valence-corrected chi connectivity index (χ0v) is 30.1. The summed E-state index contributed by atoms with van der Waals surface area (Å²) in [4.78, 5) is 14.4. The molecule has 262 valence electrons. The third kappa shape index (κ3) is 5.37. The normalized spacial score (nSPS) is 11.6. The lowest BCUT2D eigenvalue weighted by Gasteiger charge is -2.11. The van der Waals surface area contributed by atoms with Gasteiger partial charge in [-0.2, -0.15) is 0 Å². The molecule has 0 aliphatic heterocycles. The summed E-state index contributed by atoms with van der Waals surface area (Å²) >= 11 is 0. The van der Waals surface area contributed by atoms with Gasteiger partial charge in [0.25, 0.3) is 0 Å². The van der Waals surface area contributed by atoms with E-state index in [9.17, 15) is 0 Å². The zero-order chi connectivity index (χ0) is 37.0. The lowest BCUT2D eigenvalue weighted by molar-refractivity contribution is 0.669. The smallest absolute Gasteiger partial charge is 0.160 e. The number of para-hydroxylation sites is 3. The van der Waals surface area contributed by atoms with Gasteiger partial charge in [-0.15, -0.1) is 0 Å². The highest BCUT2D eigenvalue weighted by molar-refractivity contribution is 6.19. The van der Waals surface area contributed by atoms with Crippen molar-refractivity contribution >= 4 is 43.9 Å². The molecule has 0 saturated heterocycles. The van der Waals surface area contributed by atoms with E-state index in [0.717, 1.165) is 105 Å². The number of rotatable bonds is 6. The predicted octanol–water partition coefficient (Wildman–Crippen LogP) is 13.7. The molecule has 7 aromatic carbocycles. The van der Waals surface area contributed by atoms with Crippen molar-refractivity contribution in [1.29, 1.82) is 0 Å². The molecule has 0 atom stereocenters. The molecule has 11 aromatic rings. The highest BCUT2D eigenvalue weighted by Gasteiger charge is 2.20. The van der Waals surface area contributed by atoms with E-state index in [4.69, 9.17) is 18.8 Å². The van der Waals surface area contributed by atoms with Crippen LogP contribution in [0, 0.1) is 0 Å². The number of nitrogens with zero attached hydrogens (tertiary/aromatic N) is 3. The molecule has 4 heterocycles. The minimum absolute atomic E-state index is 0.678. The van der Waals surface area contributed by atoms with Crippen LogP contribution in [0.25, 0.3) is 111 Å². The fourth-order valence-electron chi connectivity index (χ4n) is 7.89. The van der Waals surface area contributed by atoms with Crippen molar-refractivity contribution in [3.05, 3.63) is 188 Å². The van der Waals surface area contributed by atoms with Crippen LogP contribution in [-0.2, 0) is 0 Å². The van der Waals surface area contributed by atoms with Crippen molar-refractivity contribution in [2.24, 2.45) is 0 Å². The van der Waals surface area contributed by atoms with Crippen molar-refractivity contribution in [2.75, 3.05) is 0 Å². The van der Waals surface area contributed by atoms with Gasteiger partial charge in [-0.3, -0.25) is 4.98 Å². The van der Waals surface area contributed by atoms with E-state index < -0.39 is 0 Å². The molecular formula is C51H31N3O2. The summed E-state index contributed by atoms with van der Waals surface area (Å²) < 4.78 is 13.2. The predicted molar refractivity (Wildman–Crippen MR) is 227 cm³/mol. The van der Waals surface area contributed by atoms with Gasteiger partial charge in [-0.1, -0.05) is 146 Å². The van der Waals surface area contributed by atoms with Gasteiger partial charge in [0.2, 0.25) is 0 Å². The average Bonchev–Trinajstić information content (AvgIpc) is 3.86. The minimum Gasteiger partial charge on any atom is -0.455 e. The zero-order valence-electron chi connectivity index (χ0n) is 30.1. The van der Waals surface area contributed by atoms with Gasteiger partial charge in [0.05, 0.1) is 11.4 Å². The first-order chi connectivity index (χ1) is 27.7. The highest BCUT2D eigenvalue weighted by atomic mass is 16.3. The Balaban J connectivity index is 1.02. The summed E-state index contributed by atoms with van der Waals surface area (Å²) in [6.45, 7) is 0. The van der Waals surface area contributed by atoms with Crippen LogP contribution in [0.1, 0.15) is 0 Å². The van der Waals surface area contributed by atoms with E-state index >= 15 is 0 Å². The number of fused-ring (bicyclic) bond motifs is 6. The number of hydrogen-bond donors (Lipinski definition) is 0. The largest absolute Gasteiger partial charge is 0.455 e. The second-order valence-electron chi connectivity index (χ2n) is 14.0. The Morgan fingerprint density at radius 1 is 0.357 bits per heavy atom. The van der Waals surface area contributed by atoms with Gasteiger partial charge in [0, 0.05) is 61.8 Å². The molecule has 0 spiro atoms. The summed E-state index contributed by atoms with van der Waals surface area (Å²) in [7, 11) is 0. The first kappa shape index (κ1) is 31.9. The minimum atomic E-state index is 0.678. The van der Waals surface area contributed by atoms with E-state index in [1.165, 1.54) is 0 Å². The topological polar surface area (TPSA) is 65.0 Å². The Hall–Kier alpha value is -7.63. The van der Waals surface area contributed by atoms with Crippen LogP contribution in [0.3, 0.4) is 0 Å². The van der Waals surface area contributed by atoms with Gasteiger partial charge in [0.1, 0.15) is 22.3 Å². The maximum Gasteiger partial charge on any atom is 0.160 e. The molecule has 0 bridgehead atoms. The molecular weight excluding hydrogens is 687 g/mol. The Morgan fingerprint density at radius 3 is 1.68 bits per heavy atom. The van der Waals surface area contributed by atoms with Crippen LogP contribution in [0.4, 0.5) is 0 Å². The summed E-state index contributed by atoms with van der Waals surface area (Å²) in [5.74, 6) is 0.678. The van der Waals surface area contributed by atoms with Gasteiger partial charge in [0.15, 0.2) is 5.82 Å². The summed E-state index contributed by atoms with van der Waals surface area (Å²) in [5.41, 5.74) is 14.5. The molecule has 56 heavy (non-hydrogen) atoms. The number of furan rings is 2. The number of pyridine rings is 1. The maximum atomic E-state index is 6.70. The third-order valence-corrected chi connectivity index (χ3v) is 10.6. The standard InChI is InChI=1S/C51H31N3O2/c1-2-10-36(11-3-1)51-53-44(34-23-19-32(20-24-34)37-12-9-29-52-31-37)30-45(54-51)35-25-21-33(22-26-35)38-27-28-40(48-43-14-5-7-18-47(43)56-50(38)48)42-16-8-15-41-39-13-4-6-17-46(39)55-49(41)42/h1-31H. The van der Waals surface area contributed by atoms with Crippen molar-refractivity contribution < 1.29 is 8.83 Å². The number of hydrogen-bond acceptors (Lipinski definition) is 5. The second-order valence-corrected chi connectivity index (χ2v) is 14.0. The Labute approximate surface area is 322 Å². The van der Waals surface area contributed by atoms with Crippen LogP contribution in [-0.4, -0.2) is 15.0 Å². The van der Waals surface area contributed by atoms with Gasteiger partial charge in [-0.25, -0.2) is 9.97 Å². The van der Waals surface area contributed by atoms with E-state index in [0.29, 0.717) is 5.82 Å². The number of aromatic nitrogens is 3. The van der Waals surface area contributed by atoms with E-state index in [-0.39, 0.29) is 0 Å². The summed E-state index contributed by atoms with van der Waals surface area (Å²) in [6, 6.07) is 60.5. The first-order valence-electron chi connectivity index (χ1n) is 18.7. The average molecular weight is 718 g/mol. The summed E-state index contributed by atoms with van der Waals surface area (Å²) in [6.07, 6.45) is 3.67. The monoisotopic (exact) mass is 717 g/mol. The van der Waals surface area contributed by atoms with E-state index in [2.05, 4.69) is 132 Å². The molecule has 4 aromatic heterocycles. The third-order valence-electron chi connectivity index (χ3n) is 10.6. The maximum absolute atomic E-state index is 6.70. The fourth-order valence-corrected chi connectivity index (χ4v) is 7.89. The van der Waals surface area contributed by atoms with Crippen LogP contribution >= 0.6 is 0 Å². The van der Waals surface area contributed by atoms with Crippen LogP contribution in [0.15, 0.2) is 197 Å². The molecule has 0 N–H and O–H groups in total. The fraction of sp³-hybridized carbons (Fsp3) is 0. The second kappa shape index (κ2) is 13.0. The Morgan fingerprint density at radius 2 is 0.946 bits per heavy atom. The molecule has 0 aliphatic rings. The molecule has 5 nitrogen and oxygen atoms in total. The molecule has 0 amide bonds. The van der Waals surface area contributed by atoms with Crippen molar-refractivity contribution in [1.82, 2.24) is 15.0 Å². The molecule has 0 unspecified atom stereocenters. The molecule has 11 rings (SSSR count). The van der Waals surface area contributed by atoms with Crippen molar-refractivity contribution in [3.63, 3.8) is 0 Å². The van der Waals surface area contributed by atoms with Crippen molar-refractivity contribution in [3.8, 4) is 67.3 Å². The molecule has 0 radical (unpaired) electrons. The van der Waals surface area contributed by atoms with Crippen LogP contribution in [0.2, 0.25) is 0 Å².